The molecule has 0 aliphatic rings. The second-order valence-electron chi connectivity index (χ2n) is 7.97. The number of hydrogen-bond donors (Lipinski definition) is 8. The molecule has 6 atom stereocenters. The van der Waals surface area contributed by atoms with Crippen molar-refractivity contribution in [2.75, 3.05) is 0 Å². The van der Waals surface area contributed by atoms with Crippen molar-refractivity contribution in [2.45, 2.75) is 83.1 Å². The molecule has 0 saturated heterocycles. The van der Waals surface area contributed by atoms with Gasteiger partial charge in [-0.15, -0.1) is 0 Å². The van der Waals surface area contributed by atoms with Gasteiger partial charge in [-0.1, -0.05) is 20.3 Å². The predicted molar refractivity (Wildman–Crippen MR) is 116 cm³/mol. The number of carboxylic acid groups (broad SMARTS) is 3. The number of nitrogens with two attached hydrogens (primary N) is 1. The number of carbonyl (C=O) groups excluding carboxylic acids is 3. The summed E-state index contributed by atoms with van der Waals surface area (Å²) in [4.78, 5) is 70.5. The van der Waals surface area contributed by atoms with Crippen LogP contribution in [0.3, 0.4) is 0 Å². The third-order valence-electron chi connectivity index (χ3n) is 5.12. The predicted octanol–water partition coefficient (Wildman–Crippen LogP) is -1.99. The summed E-state index contributed by atoms with van der Waals surface area (Å²) >= 11 is 0. The van der Waals surface area contributed by atoms with E-state index in [1.807, 2.05) is 0 Å². The second kappa shape index (κ2) is 14.8. The van der Waals surface area contributed by atoms with Crippen LogP contribution < -0.4 is 21.7 Å². The van der Waals surface area contributed by atoms with Crippen LogP contribution in [0.5, 0.6) is 0 Å². The molecule has 0 rings (SSSR count). The first-order valence-corrected chi connectivity index (χ1v) is 10.7. The van der Waals surface area contributed by atoms with E-state index in [2.05, 4.69) is 16.0 Å². The van der Waals surface area contributed by atoms with Gasteiger partial charge in [-0.05, 0) is 25.7 Å². The highest BCUT2D eigenvalue weighted by Crippen LogP contribution is 2.10. The summed E-state index contributed by atoms with van der Waals surface area (Å²) in [5.41, 5.74) is 5.68. The molecular formula is C20H34N4O10. The number of carbonyl (C=O) groups is 6. The average molecular weight is 491 g/mol. The normalized spacial score (nSPS) is 16.1. The number of nitrogens with one attached hydrogen (secondary N) is 3. The van der Waals surface area contributed by atoms with E-state index >= 15 is 0 Å². The van der Waals surface area contributed by atoms with Gasteiger partial charge in [0.2, 0.25) is 17.7 Å². The molecule has 3 amide bonds. The number of amides is 3. The Kier molecular flexibility index (Phi) is 13.4. The first kappa shape index (κ1) is 30.7. The third-order valence-corrected chi connectivity index (χ3v) is 5.12. The molecule has 0 spiro atoms. The molecule has 0 bridgehead atoms. The number of aliphatic hydroxyl groups excluding tert-OH is 1. The maximum Gasteiger partial charge on any atom is 0.326 e. The quantitative estimate of drug-likeness (QED) is 0.118. The maximum atomic E-state index is 12.9. The van der Waals surface area contributed by atoms with Gasteiger partial charge in [0.25, 0.3) is 0 Å². The zero-order valence-corrected chi connectivity index (χ0v) is 19.3. The van der Waals surface area contributed by atoms with Gasteiger partial charge in [0.15, 0.2) is 0 Å². The minimum absolute atomic E-state index is 0.165. The number of aliphatic hydroxyl groups is 1. The molecule has 14 heteroatoms. The molecule has 0 aromatic carbocycles. The zero-order chi connectivity index (χ0) is 26.6. The molecule has 0 aromatic rings. The third kappa shape index (κ3) is 11.0. The van der Waals surface area contributed by atoms with Crippen molar-refractivity contribution in [3.05, 3.63) is 0 Å². The number of carboxylic acids is 3. The molecule has 0 radical (unpaired) electrons. The van der Waals surface area contributed by atoms with Gasteiger partial charge in [-0.3, -0.25) is 24.0 Å². The maximum absolute atomic E-state index is 12.9. The highest BCUT2D eigenvalue weighted by Gasteiger charge is 2.34. The van der Waals surface area contributed by atoms with E-state index in [-0.39, 0.29) is 12.8 Å². The largest absolute Gasteiger partial charge is 0.481 e. The molecule has 194 valence electrons. The van der Waals surface area contributed by atoms with Crippen molar-refractivity contribution < 1.29 is 49.2 Å². The van der Waals surface area contributed by atoms with E-state index < -0.39 is 84.7 Å². The molecule has 0 aromatic heterocycles. The Balaban J connectivity index is 5.45. The van der Waals surface area contributed by atoms with Crippen LogP contribution >= 0.6 is 0 Å². The summed E-state index contributed by atoms with van der Waals surface area (Å²) in [6, 6.07) is -5.57. The molecule has 9 N–H and O–H groups in total. The van der Waals surface area contributed by atoms with Crippen LogP contribution in [0.1, 0.15) is 52.9 Å². The Labute approximate surface area is 196 Å². The highest BCUT2D eigenvalue weighted by molar-refractivity contribution is 5.94. The monoisotopic (exact) mass is 490 g/mol. The fraction of sp³-hybridized carbons (Fsp3) is 0.700. The fourth-order valence-electron chi connectivity index (χ4n) is 2.81. The van der Waals surface area contributed by atoms with Crippen molar-refractivity contribution in [1.82, 2.24) is 16.0 Å². The van der Waals surface area contributed by atoms with E-state index in [0.717, 1.165) is 0 Å². The van der Waals surface area contributed by atoms with Crippen LogP contribution in [0.2, 0.25) is 0 Å². The molecule has 6 unspecified atom stereocenters. The SMILES string of the molecule is CCC(C)C(NC(=O)C(N)CCC(=O)O)C(=O)NC(C(=O)NC(CCC(=O)O)C(=O)O)C(C)O. The Morgan fingerprint density at radius 1 is 0.765 bits per heavy atom. The van der Waals surface area contributed by atoms with Crippen molar-refractivity contribution in [2.24, 2.45) is 11.7 Å². The smallest absolute Gasteiger partial charge is 0.326 e. The lowest BCUT2D eigenvalue weighted by atomic mass is 9.96. The van der Waals surface area contributed by atoms with Crippen LogP contribution in [-0.2, 0) is 28.8 Å². The minimum Gasteiger partial charge on any atom is -0.481 e. The molecule has 0 heterocycles. The lowest BCUT2D eigenvalue weighted by Crippen LogP contribution is -2.61. The first-order valence-electron chi connectivity index (χ1n) is 10.7. The average Bonchev–Trinajstić information content (AvgIpc) is 2.74. The van der Waals surface area contributed by atoms with Gasteiger partial charge in [0.05, 0.1) is 12.1 Å². The van der Waals surface area contributed by atoms with Gasteiger partial charge < -0.3 is 42.1 Å². The molecule has 0 aliphatic heterocycles. The highest BCUT2D eigenvalue weighted by atomic mass is 16.4. The van der Waals surface area contributed by atoms with Crippen molar-refractivity contribution in [3.8, 4) is 0 Å². The number of hydrogen-bond acceptors (Lipinski definition) is 8. The van der Waals surface area contributed by atoms with Crippen molar-refractivity contribution in [1.29, 1.82) is 0 Å². The van der Waals surface area contributed by atoms with E-state index in [1.54, 1.807) is 13.8 Å². The molecule has 34 heavy (non-hydrogen) atoms. The van der Waals surface area contributed by atoms with Crippen LogP contribution in [0, 0.1) is 5.92 Å². The summed E-state index contributed by atoms with van der Waals surface area (Å²) in [6.07, 6.45) is -2.52. The zero-order valence-electron chi connectivity index (χ0n) is 19.3. The number of aliphatic carboxylic acids is 3. The Hall–Kier alpha value is -3.26. The fourth-order valence-corrected chi connectivity index (χ4v) is 2.81. The van der Waals surface area contributed by atoms with Crippen molar-refractivity contribution in [3.63, 3.8) is 0 Å². The second-order valence-corrected chi connectivity index (χ2v) is 7.97. The van der Waals surface area contributed by atoms with E-state index in [4.69, 9.17) is 15.9 Å². The lowest BCUT2D eigenvalue weighted by molar-refractivity contribution is -0.144. The van der Waals surface area contributed by atoms with Crippen molar-refractivity contribution >= 4 is 35.6 Å². The molecule has 14 nitrogen and oxygen atoms in total. The van der Waals surface area contributed by atoms with Crippen LogP contribution in [-0.4, -0.2) is 86.3 Å². The Bertz CT molecular complexity index is 758. The minimum atomic E-state index is -1.61. The molecule has 0 aliphatic carbocycles. The first-order chi connectivity index (χ1) is 15.7. The lowest BCUT2D eigenvalue weighted by Gasteiger charge is -2.28. The summed E-state index contributed by atoms with van der Waals surface area (Å²) < 4.78 is 0. The van der Waals surface area contributed by atoms with E-state index in [0.29, 0.717) is 6.42 Å². The van der Waals surface area contributed by atoms with Gasteiger partial charge in [-0.25, -0.2) is 4.79 Å². The molecule has 0 fully saturated rings. The Morgan fingerprint density at radius 3 is 1.68 bits per heavy atom. The number of rotatable bonds is 16. The van der Waals surface area contributed by atoms with Crippen LogP contribution in [0.15, 0.2) is 0 Å². The van der Waals surface area contributed by atoms with Gasteiger partial charge in [0, 0.05) is 12.8 Å². The van der Waals surface area contributed by atoms with Crippen LogP contribution in [0.4, 0.5) is 0 Å². The van der Waals surface area contributed by atoms with E-state index in [1.165, 1.54) is 6.92 Å². The standard InChI is InChI=1S/C20H34N4O10/c1-4-9(2)15(23-17(30)11(21)5-7-13(26)27)18(31)24-16(10(3)25)19(32)22-12(20(33)34)6-8-14(28)29/h9-12,15-16,25H,4-8,21H2,1-3H3,(H,22,32)(H,23,30)(H,24,31)(H,26,27)(H,28,29)(H,33,34). The molecular weight excluding hydrogens is 456 g/mol. The summed E-state index contributed by atoms with van der Waals surface area (Å²) in [7, 11) is 0. The Morgan fingerprint density at radius 2 is 1.24 bits per heavy atom. The summed E-state index contributed by atoms with van der Waals surface area (Å²) in [5.74, 6) is -7.05. The molecule has 0 saturated carbocycles. The van der Waals surface area contributed by atoms with Crippen LogP contribution in [0.25, 0.3) is 0 Å². The van der Waals surface area contributed by atoms with Gasteiger partial charge in [0.1, 0.15) is 18.1 Å². The van der Waals surface area contributed by atoms with E-state index in [9.17, 15) is 39.0 Å². The summed E-state index contributed by atoms with van der Waals surface area (Å²) in [6.45, 7) is 4.55. The van der Waals surface area contributed by atoms with Gasteiger partial charge in [-0.2, -0.15) is 0 Å². The van der Waals surface area contributed by atoms with Gasteiger partial charge >= 0.3 is 17.9 Å². The summed E-state index contributed by atoms with van der Waals surface area (Å²) in [5, 5.41) is 43.4. The topological polar surface area (TPSA) is 245 Å².